The first-order valence-electron chi connectivity index (χ1n) is 6.58. The molecule has 1 unspecified atom stereocenters. The predicted molar refractivity (Wildman–Crippen MR) is 74.9 cm³/mol. The van der Waals surface area contributed by atoms with Crippen LogP contribution in [0, 0.1) is 5.82 Å². The Kier molecular flexibility index (Phi) is 3.28. The fourth-order valence-corrected chi connectivity index (χ4v) is 2.35. The molecule has 4 nitrogen and oxygen atoms in total. The Balaban J connectivity index is 2.04. The van der Waals surface area contributed by atoms with E-state index in [1.165, 1.54) is 12.1 Å². The van der Waals surface area contributed by atoms with Gasteiger partial charge in [-0.1, -0.05) is 6.92 Å². The van der Waals surface area contributed by atoms with E-state index in [1.54, 1.807) is 16.9 Å². The third-order valence-corrected chi connectivity index (χ3v) is 3.25. The lowest BCUT2D eigenvalue weighted by molar-refractivity contribution is 0.477. The second-order valence-corrected chi connectivity index (χ2v) is 4.77. The molecule has 0 spiro atoms. The molecule has 1 atom stereocenters. The Bertz CT molecular complexity index is 732. The minimum Gasteiger partial charge on any atom is -0.459 e. The van der Waals surface area contributed by atoms with Gasteiger partial charge in [0.15, 0.2) is 0 Å². The summed E-state index contributed by atoms with van der Waals surface area (Å²) < 4.78 is 20.8. The first-order valence-corrected chi connectivity index (χ1v) is 6.58. The molecule has 0 aliphatic heterocycles. The number of benzene rings is 1. The number of aromatic nitrogens is 2. The van der Waals surface area contributed by atoms with Crippen molar-refractivity contribution in [3.63, 3.8) is 0 Å². The van der Waals surface area contributed by atoms with Crippen LogP contribution in [0.2, 0.25) is 0 Å². The molecule has 0 radical (unpaired) electrons. The van der Waals surface area contributed by atoms with Crippen LogP contribution in [-0.4, -0.2) is 16.3 Å². The van der Waals surface area contributed by atoms with Crippen LogP contribution in [0.4, 0.5) is 4.39 Å². The van der Waals surface area contributed by atoms with Crippen molar-refractivity contribution in [1.82, 2.24) is 15.1 Å². The minimum absolute atomic E-state index is 0.0795. The second-order valence-electron chi connectivity index (χ2n) is 4.77. The maximum atomic E-state index is 13.3. The van der Waals surface area contributed by atoms with Crippen molar-refractivity contribution >= 4 is 11.0 Å². The van der Waals surface area contributed by atoms with E-state index in [0.717, 1.165) is 23.3 Å². The van der Waals surface area contributed by atoms with Crippen LogP contribution >= 0.6 is 0 Å². The Morgan fingerprint density at radius 2 is 2.25 bits per heavy atom. The Morgan fingerprint density at radius 1 is 1.40 bits per heavy atom. The molecule has 20 heavy (non-hydrogen) atoms. The molecule has 1 N–H and O–H groups in total. The number of halogens is 1. The fourth-order valence-electron chi connectivity index (χ4n) is 2.35. The molecule has 1 aromatic carbocycles. The molecule has 0 aliphatic carbocycles. The third kappa shape index (κ3) is 2.32. The Hall–Kier alpha value is -2.14. The van der Waals surface area contributed by atoms with Crippen LogP contribution in [0.5, 0.6) is 0 Å². The molecule has 0 bridgehead atoms. The van der Waals surface area contributed by atoms with Gasteiger partial charge in [0, 0.05) is 24.2 Å². The molecule has 0 saturated carbocycles. The summed E-state index contributed by atoms with van der Waals surface area (Å²) in [6.07, 6.45) is 3.75. The first-order chi connectivity index (χ1) is 9.67. The van der Waals surface area contributed by atoms with Gasteiger partial charge in [0.2, 0.25) is 0 Å². The molecular weight excluding hydrogens is 257 g/mol. The van der Waals surface area contributed by atoms with Crippen LogP contribution in [0.15, 0.2) is 41.1 Å². The van der Waals surface area contributed by atoms with Crippen molar-refractivity contribution < 1.29 is 8.81 Å². The van der Waals surface area contributed by atoms with Crippen molar-refractivity contribution in [1.29, 1.82) is 0 Å². The highest BCUT2D eigenvalue weighted by Gasteiger charge is 2.19. The molecule has 0 aliphatic rings. The monoisotopic (exact) mass is 273 g/mol. The average molecular weight is 273 g/mol. The summed E-state index contributed by atoms with van der Waals surface area (Å²) >= 11 is 0. The zero-order chi connectivity index (χ0) is 14.1. The van der Waals surface area contributed by atoms with Crippen LogP contribution in [-0.2, 0) is 7.05 Å². The molecule has 0 saturated heterocycles. The maximum Gasteiger partial charge on any atom is 0.134 e. The standard InChI is InChI=1S/C15H16FN3O/c1-3-17-15(11-8-18-19(2)9-11)14-7-10-6-12(16)4-5-13(10)20-14/h4-9,15,17H,3H2,1-2H3. The summed E-state index contributed by atoms with van der Waals surface area (Å²) in [5.74, 6) is 0.506. The van der Waals surface area contributed by atoms with Gasteiger partial charge >= 0.3 is 0 Å². The normalized spacial score (nSPS) is 12.9. The minimum atomic E-state index is -0.258. The van der Waals surface area contributed by atoms with Gasteiger partial charge in [0.25, 0.3) is 0 Å². The van der Waals surface area contributed by atoms with Crippen LogP contribution < -0.4 is 5.32 Å². The Labute approximate surface area is 116 Å². The molecule has 3 rings (SSSR count). The van der Waals surface area contributed by atoms with Crippen LogP contribution in [0.3, 0.4) is 0 Å². The zero-order valence-corrected chi connectivity index (χ0v) is 11.4. The predicted octanol–water partition coefficient (Wildman–Crippen LogP) is 3.00. The topological polar surface area (TPSA) is 43.0 Å². The molecular formula is C15H16FN3O. The lowest BCUT2D eigenvalue weighted by Crippen LogP contribution is -2.21. The second kappa shape index (κ2) is 5.09. The third-order valence-electron chi connectivity index (χ3n) is 3.25. The molecule has 5 heteroatoms. The molecule has 2 heterocycles. The number of furan rings is 1. The van der Waals surface area contributed by atoms with Crippen molar-refractivity contribution in [2.45, 2.75) is 13.0 Å². The summed E-state index contributed by atoms with van der Waals surface area (Å²) in [4.78, 5) is 0. The SMILES string of the molecule is CCNC(c1cnn(C)c1)c1cc2cc(F)ccc2o1. The van der Waals surface area contributed by atoms with Crippen molar-refractivity contribution in [2.75, 3.05) is 6.54 Å². The highest BCUT2D eigenvalue weighted by atomic mass is 19.1. The van der Waals surface area contributed by atoms with E-state index in [2.05, 4.69) is 10.4 Å². The quantitative estimate of drug-likeness (QED) is 0.794. The van der Waals surface area contributed by atoms with E-state index in [1.807, 2.05) is 26.2 Å². The molecule has 3 aromatic rings. The van der Waals surface area contributed by atoms with Gasteiger partial charge in [-0.05, 0) is 30.8 Å². The number of fused-ring (bicyclic) bond motifs is 1. The highest BCUT2D eigenvalue weighted by molar-refractivity contribution is 5.78. The lowest BCUT2D eigenvalue weighted by Gasteiger charge is -2.13. The summed E-state index contributed by atoms with van der Waals surface area (Å²) in [5.41, 5.74) is 1.71. The molecule has 2 aromatic heterocycles. The van der Waals surface area contributed by atoms with Gasteiger partial charge in [0.1, 0.15) is 17.2 Å². The largest absolute Gasteiger partial charge is 0.459 e. The van der Waals surface area contributed by atoms with Crippen molar-refractivity contribution in [3.8, 4) is 0 Å². The number of nitrogens with one attached hydrogen (secondary N) is 1. The van der Waals surface area contributed by atoms with Crippen molar-refractivity contribution in [2.24, 2.45) is 7.05 Å². The average Bonchev–Trinajstić information content (AvgIpc) is 3.01. The van der Waals surface area contributed by atoms with Gasteiger partial charge in [0.05, 0.1) is 12.2 Å². The number of nitrogens with zero attached hydrogens (tertiary/aromatic N) is 2. The lowest BCUT2D eigenvalue weighted by atomic mass is 10.1. The van der Waals surface area contributed by atoms with Gasteiger partial charge in [-0.25, -0.2) is 4.39 Å². The summed E-state index contributed by atoms with van der Waals surface area (Å²) in [6, 6.07) is 6.33. The number of aryl methyl sites for hydroxylation is 1. The molecule has 0 fully saturated rings. The van der Waals surface area contributed by atoms with E-state index >= 15 is 0 Å². The van der Waals surface area contributed by atoms with E-state index in [4.69, 9.17) is 4.42 Å². The van der Waals surface area contributed by atoms with Crippen LogP contribution in [0.25, 0.3) is 11.0 Å². The van der Waals surface area contributed by atoms with E-state index < -0.39 is 0 Å². The highest BCUT2D eigenvalue weighted by Crippen LogP contribution is 2.28. The summed E-state index contributed by atoms with van der Waals surface area (Å²) in [5, 5.41) is 8.32. The van der Waals surface area contributed by atoms with Gasteiger partial charge in [-0.2, -0.15) is 5.10 Å². The first kappa shape index (κ1) is 12.9. The molecule has 104 valence electrons. The van der Waals surface area contributed by atoms with Gasteiger partial charge in [-0.3, -0.25) is 4.68 Å². The number of rotatable bonds is 4. The Morgan fingerprint density at radius 3 is 2.95 bits per heavy atom. The number of hydrogen-bond donors (Lipinski definition) is 1. The van der Waals surface area contributed by atoms with E-state index in [9.17, 15) is 4.39 Å². The number of hydrogen-bond acceptors (Lipinski definition) is 3. The summed E-state index contributed by atoms with van der Waals surface area (Å²) in [7, 11) is 1.88. The van der Waals surface area contributed by atoms with Gasteiger partial charge < -0.3 is 9.73 Å². The van der Waals surface area contributed by atoms with E-state index in [-0.39, 0.29) is 11.9 Å². The molecule has 0 amide bonds. The van der Waals surface area contributed by atoms with Gasteiger partial charge in [-0.15, -0.1) is 0 Å². The summed E-state index contributed by atoms with van der Waals surface area (Å²) in [6.45, 7) is 2.83. The fraction of sp³-hybridized carbons (Fsp3) is 0.267. The van der Waals surface area contributed by atoms with Crippen LogP contribution in [0.1, 0.15) is 24.3 Å². The van der Waals surface area contributed by atoms with E-state index in [0.29, 0.717) is 5.58 Å². The zero-order valence-electron chi connectivity index (χ0n) is 11.4. The smallest absolute Gasteiger partial charge is 0.134 e. The van der Waals surface area contributed by atoms with Crippen molar-refractivity contribution in [3.05, 3.63) is 53.8 Å². The maximum absolute atomic E-state index is 13.3.